The lowest BCUT2D eigenvalue weighted by molar-refractivity contribution is -0.140. The van der Waals surface area contributed by atoms with Crippen LogP contribution in [-0.4, -0.2) is 72.1 Å². The molecule has 2 fully saturated rings. The van der Waals surface area contributed by atoms with Crippen molar-refractivity contribution in [3.63, 3.8) is 0 Å². The van der Waals surface area contributed by atoms with Crippen molar-refractivity contribution in [1.29, 1.82) is 0 Å². The second-order valence-corrected chi connectivity index (χ2v) is 11.0. The van der Waals surface area contributed by atoms with Gasteiger partial charge in [-0.15, -0.1) is 0 Å². The van der Waals surface area contributed by atoms with E-state index in [0.29, 0.717) is 37.6 Å². The van der Waals surface area contributed by atoms with E-state index < -0.39 is 17.7 Å². The third-order valence-electron chi connectivity index (χ3n) is 6.89. The number of aliphatic hydroxyl groups excluding tert-OH is 1. The highest BCUT2D eigenvalue weighted by Crippen LogP contribution is 2.40. The highest BCUT2D eigenvalue weighted by Gasteiger charge is 2.46. The Hall–Kier alpha value is -3.16. The largest absolute Gasteiger partial charge is 0.507 e. The van der Waals surface area contributed by atoms with E-state index in [1.54, 1.807) is 29.2 Å². The molecule has 0 aliphatic carbocycles. The van der Waals surface area contributed by atoms with Crippen LogP contribution in [-0.2, 0) is 19.7 Å². The SMILES string of the molecule is CC(C)Oc1ccc(/C(O)=C2\C(=O)C(=O)N(CCN3CCOCC3)[C@@H]2c2ccc(C(C)(C)C)cc2)cc1. The number of Topliss-reactive ketones (excluding diaryl/α,β-unsaturated/α-hetero) is 1. The number of ketones is 1. The molecule has 198 valence electrons. The van der Waals surface area contributed by atoms with Crippen LogP contribution in [0.25, 0.3) is 5.76 Å². The topological polar surface area (TPSA) is 79.3 Å². The summed E-state index contributed by atoms with van der Waals surface area (Å²) in [5.41, 5.74) is 2.51. The molecular formula is C30H38N2O5. The number of carbonyl (C=O) groups is 2. The van der Waals surface area contributed by atoms with Crippen molar-refractivity contribution in [2.24, 2.45) is 0 Å². The van der Waals surface area contributed by atoms with Gasteiger partial charge in [-0.2, -0.15) is 0 Å². The van der Waals surface area contributed by atoms with Crippen LogP contribution in [0.15, 0.2) is 54.1 Å². The summed E-state index contributed by atoms with van der Waals surface area (Å²) < 4.78 is 11.1. The molecule has 0 bridgehead atoms. The van der Waals surface area contributed by atoms with Crippen molar-refractivity contribution < 1.29 is 24.2 Å². The number of amides is 1. The molecular weight excluding hydrogens is 468 g/mol. The molecule has 2 saturated heterocycles. The van der Waals surface area contributed by atoms with Gasteiger partial charge in [-0.05, 0) is 54.7 Å². The van der Waals surface area contributed by atoms with Crippen LogP contribution in [0.2, 0.25) is 0 Å². The van der Waals surface area contributed by atoms with Crippen molar-refractivity contribution in [2.45, 2.75) is 52.2 Å². The highest BCUT2D eigenvalue weighted by molar-refractivity contribution is 6.46. The molecule has 0 aromatic heterocycles. The van der Waals surface area contributed by atoms with Crippen LogP contribution in [0, 0.1) is 0 Å². The summed E-state index contributed by atoms with van der Waals surface area (Å²) in [4.78, 5) is 30.4. The number of benzene rings is 2. The first-order valence-corrected chi connectivity index (χ1v) is 13.0. The maximum absolute atomic E-state index is 13.3. The molecule has 0 spiro atoms. The van der Waals surface area contributed by atoms with Crippen LogP contribution in [0.3, 0.4) is 0 Å². The van der Waals surface area contributed by atoms with Gasteiger partial charge in [0.05, 0.1) is 30.9 Å². The lowest BCUT2D eigenvalue weighted by Gasteiger charge is -2.31. The summed E-state index contributed by atoms with van der Waals surface area (Å²) in [6, 6.07) is 14.3. The molecule has 1 atom stereocenters. The van der Waals surface area contributed by atoms with Gasteiger partial charge < -0.3 is 19.5 Å². The van der Waals surface area contributed by atoms with Crippen molar-refractivity contribution in [2.75, 3.05) is 39.4 Å². The zero-order valence-electron chi connectivity index (χ0n) is 22.5. The average molecular weight is 507 g/mol. The van der Waals surface area contributed by atoms with E-state index in [0.717, 1.165) is 24.2 Å². The number of hydrogen-bond donors (Lipinski definition) is 1. The monoisotopic (exact) mass is 506 g/mol. The Labute approximate surface area is 219 Å². The normalized spacial score (nSPS) is 20.6. The van der Waals surface area contributed by atoms with Gasteiger partial charge in [-0.25, -0.2) is 0 Å². The zero-order chi connectivity index (χ0) is 26.7. The van der Waals surface area contributed by atoms with Crippen LogP contribution in [0.5, 0.6) is 5.75 Å². The van der Waals surface area contributed by atoms with Crippen LogP contribution < -0.4 is 4.74 Å². The van der Waals surface area contributed by atoms with E-state index in [-0.39, 0.29) is 22.9 Å². The highest BCUT2D eigenvalue weighted by atomic mass is 16.5. The summed E-state index contributed by atoms with van der Waals surface area (Å²) in [5, 5.41) is 11.3. The minimum atomic E-state index is -0.665. The van der Waals surface area contributed by atoms with E-state index in [4.69, 9.17) is 9.47 Å². The number of carbonyl (C=O) groups excluding carboxylic acids is 2. The maximum atomic E-state index is 13.3. The quantitative estimate of drug-likeness (QED) is 0.338. The third kappa shape index (κ3) is 6.05. The summed E-state index contributed by atoms with van der Waals surface area (Å²) in [6.07, 6.45) is 0.0207. The van der Waals surface area contributed by atoms with E-state index in [1.807, 2.05) is 38.1 Å². The predicted molar refractivity (Wildman–Crippen MR) is 144 cm³/mol. The van der Waals surface area contributed by atoms with Crippen molar-refractivity contribution in [3.05, 3.63) is 70.8 Å². The molecule has 0 saturated carbocycles. The molecule has 0 radical (unpaired) electrons. The Balaban J connectivity index is 1.72. The van der Waals surface area contributed by atoms with E-state index >= 15 is 0 Å². The Bertz CT molecular complexity index is 1140. The fourth-order valence-electron chi connectivity index (χ4n) is 4.82. The van der Waals surface area contributed by atoms with E-state index in [9.17, 15) is 14.7 Å². The molecule has 2 aliphatic heterocycles. The van der Waals surface area contributed by atoms with Gasteiger partial charge in [0.15, 0.2) is 0 Å². The molecule has 1 N–H and O–H groups in total. The van der Waals surface area contributed by atoms with Gasteiger partial charge in [-0.1, -0.05) is 45.0 Å². The number of nitrogens with zero attached hydrogens (tertiary/aromatic N) is 2. The standard InChI is InChI=1S/C30H38N2O5/c1-20(2)37-24-12-8-22(9-13-24)27(33)25-26(21-6-10-23(11-7-21)30(3,4)5)32(29(35)28(25)34)15-14-31-16-18-36-19-17-31/h6-13,20,26,33H,14-19H2,1-5H3/b27-25+/t26-/m1/s1. The molecule has 2 aromatic carbocycles. The van der Waals surface area contributed by atoms with Crippen molar-refractivity contribution in [3.8, 4) is 5.75 Å². The lowest BCUT2D eigenvalue weighted by Crippen LogP contribution is -2.42. The second-order valence-electron chi connectivity index (χ2n) is 11.0. The van der Waals surface area contributed by atoms with Crippen LogP contribution in [0.1, 0.15) is 57.4 Å². The van der Waals surface area contributed by atoms with Gasteiger partial charge in [0.2, 0.25) is 0 Å². The Morgan fingerprint density at radius 1 is 1.00 bits per heavy atom. The third-order valence-corrected chi connectivity index (χ3v) is 6.89. The van der Waals surface area contributed by atoms with E-state index in [2.05, 4.69) is 25.7 Å². The molecule has 37 heavy (non-hydrogen) atoms. The van der Waals surface area contributed by atoms with Gasteiger partial charge >= 0.3 is 0 Å². The fraction of sp³-hybridized carbons (Fsp3) is 0.467. The number of ether oxygens (including phenoxy) is 2. The van der Waals surface area contributed by atoms with Crippen molar-refractivity contribution >= 4 is 17.4 Å². The van der Waals surface area contributed by atoms with Gasteiger partial charge in [0, 0.05) is 31.7 Å². The predicted octanol–water partition coefficient (Wildman–Crippen LogP) is 4.53. The molecule has 4 rings (SSSR count). The molecule has 2 aromatic rings. The molecule has 0 unspecified atom stereocenters. The number of hydrogen-bond acceptors (Lipinski definition) is 6. The Kier molecular flexibility index (Phi) is 8.05. The van der Waals surface area contributed by atoms with Crippen molar-refractivity contribution in [1.82, 2.24) is 9.80 Å². The maximum Gasteiger partial charge on any atom is 0.295 e. The van der Waals surface area contributed by atoms with Crippen LogP contribution in [0.4, 0.5) is 0 Å². The zero-order valence-corrected chi connectivity index (χ0v) is 22.5. The molecule has 2 aliphatic rings. The Morgan fingerprint density at radius 3 is 2.19 bits per heavy atom. The fourth-order valence-corrected chi connectivity index (χ4v) is 4.82. The van der Waals surface area contributed by atoms with Gasteiger partial charge in [-0.3, -0.25) is 14.5 Å². The number of rotatable bonds is 7. The first-order valence-electron chi connectivity index (χ1n) is 13.0. The number of aliphatic hydroxyl groups is 1. The lowest BCUT2D eigenvalue weighted by atomic mass is 9.85. The molecule has 7 heteroatoms. The first-order chi connectivity index (χ1) is 17.6. The smallest absolute Gasteiger partial charge is 0.295 e. The summed E-state index contributed by atoms with van der Waals surface area (Å²) >= 11 is 0. The van der Waals surface area contributed by atoms with E-state index in [1.165, 1.54) is 0 Å². The Morgan fingerprint density at radius 2 is 1.62 bits per heavy atom. The minimum Gasteiger partial charge on any atom is -0.507 e. The molecule has 2 heterocycles. The van der Waals surface area contributed by atoms with Gasteiger partial charge in [0.1, 0.15) is 11.5 Å². The average Bonchev–Trinajstić information content (AvgIpc) is 3.12. The number of morpholine rings is 1. The molecule has 1 amide bonds. The van der Waals surface area contributed by atoms with Gasteiger partial charge in [0.25, 0.3) is 11.7 Å². The summed E-state index contributed by atoms with van der Waals surface area (Å²) in [6.45, 7) is 14.2. The van der Waals surface area contributed by atoms with Crippen LogP contribution >= 0.6 is 0 Å². The summed E-state index contributed by atoms with van der Waals surface area (Å²) in [5.74, 6) is -0.744. The second kappa shape index (κ2) is 11.1. The minimum absolute atomic E-state index is 0.0207. The summed E-state index contributed by atoms with van der Waals surface area (Å²) in [7, 11) is 0. The number of likely N-dealkylation sites (tertiary alicyclic amines) is 1. The first kappa shape index (κ1) is 26.9. The molecule has 7 nitrogen and oxygen atoms in total.